The number of hydrogen-bond acceptors (Lipinski definition) is 2. The highest BCUT2D eigenvalue weighted by molar-refractivity contribution is 9.10. The zero-order chi connectivity index (χ0) is 13.4. The van der Waals surface area contributed by atoms with Crippen molar-refractivity contribution in [1.82, 2.24) is 5.32 Å². The molecule has 1 aromatic rings. The average Bonchev–Trinajstić information content (AvgIpc) is 3.13. The largest absolute Gasteiger partial charge is 0.376 e. The summed E-state index contributed by atoms with van der Waals surface area (Å²) in [6.45, 7) is 0.691. The van der Waals surface area contributed by atoms with E-state index in [1.807, 2.05) is 0 Å². The number of rotatable bonds is 3. The number of benzene rings is 1. The molecule has 2 fully saturated rings. The van der Waals surface area contributed by atoms with E-state index in [1.54, 1.807) is 12.1 Å². The maximum atomic E-state index is 13.4. The highest BCUT2D eigenvalue weighted by Crippen LogP contribution is 2.38. The summed E-state index contributed by atoms with van der Waals surface area (Å²) in [5.41, 5.74) is 0.335. The van der Waals surface area contributed by atoms with Crippen LogP contribution in [0.25, 0.3) is 0 Å². The standard InChI is InChI=1S/C14H15BrFNO2/c15-12-9(2-1-3-10(12)16)14(18)17-11-6-7-19-13(11)8-4-5-8/h1-3,8,11,13H,4-7H2,(H,17,18). The molecule has 0 spiro atoms. The molecule has 1 saturated carbocycles. The number of nitrogens with one attached hydrogen (secondary N) is 1. The fraction of sp³-hybridized carbons (Fsp3) is 0.500. The summed E-state index contributed by atoms with van der Waals surface area (Å²) >= 11 is 3.12. The van der Waals surface area contributed by atoms with Crippen LogP contribution in [0.1, 0.15) is 29.6 Å². The number of amides is 1. The van der Waals surface area contributed by atoms with E-state index in [9.17, 15) is 9.18 Å². The monoisotopic (exact) mass is 327 g/mol. The summed E-state index contributed by atoms with van der Waals surface area (Å²) < 4.78 is 19.3. The van der Waals surface area contributed by atoms with Gasteiger partial charge in [0.2, 0.25) is 0 Å². The van der Waals surface area contributed by atoms with Gasteiger partial charge in [-0.3, -0.25) is 4.79 Å². The first kappa shape index (κ1) is 13.1. The third kappa shape index (κ3) is 2.67. The van der Waals surface area contributed by atoms with Gasteiger partial charge in [-0.1, -0.05) is 6.07 Å². The van der Waals surface area contributed by atoms with Gasteiger partial charge in [0, 0.05) is 6.61 Å². The summed E-state index contributed by atoms with van der Waals surface area (Å²) in [6, 6.07) is 4.53. The van der Waals surface area contributed by atoms with Gasteiger partial charge in [-0.25, -0.2) is 4.39 Å². The van der Waals surface area contributed by atoms with Gasteiger partial charge < -0.3 is 10.1 Å². The van der Waals surface area contributed by atoms with Gasteiger partial charge in [-0.2, -0.15) is 0 Å². The third-order valence-corrected chi connectivity index (χ3v) is 4.54. The van der Waals surface area contributed by atoms with Crippen LogP contribution in [0.3, 0.4) is 0 Å². The van der Waals surface area contributed by atoms with E-state index in [1.165, 1.54) is 18.9 Å². The third-order valence-electron chi connectivity index (χ3n) is 3.74. The van der Waals surface area contributed by atoms with E-state index >= 15 is 0 Å². The first-order chi connectivity index (χ1) is 9.16. The Morgan fingerprint density at radius 1 is 1.37 bits per heavy atom. The zero-order valence-corrected chi connectivity index (χ0v) is 12.0. The lowest BCUT2D eigenvalue weighted by molar-refractivity contribution is 0.0729. The molecule has 2 unspecified atom stereocenters. The molecule has 102 valence electrons. The Labute approximate surface area is 119 Å². The zero-order valence-electron chi connectivity index (χ0n) is 10.4. The van der Waals surface area contributed by atoms with Gasteiger partial charge in [-0.15, -0.1) is 0 Å². The van der Waals surface area contributed by atoms with E-state index in [0.717, 1.165) is 6.42 Å². The Bertz CT molecular complexity index is 504. The Morgan fingerprint density at radius 2 is 2.16 bits per heavy atom. The number of ether oxygens (including phenoxy) is 1. The van der Waals surface area contributed by atoms with Gasteiger partial charge in [-0.05, 0) is 53.2 Å². The van der Waals surface area contributed by atoms with Gasteiger partial charge in [0.15, 0.2) is 0 Å². The normalized spacial score (nSPS) is 26.4. The highest BCUT2D eigenvalue weighted by atomic mass is 79.9. The lowest BCUT2D eigenvalue weighted by Crippen LogP contribution is -2.41. The average molecular weight is 328 g/mol. The molecule has 1 aliphatic heterocycles. The molecular weight excluding hydrogens is 313 g/mol. The SMILES string of the molecule is O=C(NC1CCOC1C1CC1)c1cccc(F)c1Br. The summed E-state index contributed by atoms with van der Waals surface area (Å²) in [6.07, 6.45) is 3.33. The second kappa shape index (κ2) is 5.21. The highest BCUT2D eigenvalue weighted by Gasteiger charge is 2.41. The smallest absolute Gasteiger partial charge is 0.252 e. The van der Waals surface area contributed by atoms with Crippen molar-refractivity contribution in [2.75, 3.05) is 6.61 Å². The number of carbonyl (C=O) groups excluding carboxylic acids is 1. The van der Waals surface area contributed by atoms with Crippen molar-refractivity contribution in [2.24, 2.45) is 5.92 Å². The molecule has 0 bridgehead atoms. The molecule has 0 radical (unpaired) electrons. The van der Waals surface area contributed by atoms with Crippen molar-refractivity contribution < 1.29 is 13.9 Å². The van der Waals surface area contributed by atoms with Crippen LogP contribution in [0.15, 0.2) is 22.7 Å². The summed E-state index contributed by atoms with van der Waals surface area (Å²) in [5, 5.41) is 2.97. The van der Waals surface area contributed by atoms with Crippen LogP contribution in [0.4, 0.5) is 4.39 Å². The molecule has 2 aliphatic rings. The summed E-state index contributed by atoms with van der Waals surface area (Å²) in [7, 11) is 0. The number of carbonyl (C=O) groups is 1. The predicted octanol–water partition coefficient (Wildman–Crippen LogP) is 2.89. The fourth-order valence-electron chi connectivity index (χ4n) is 2.58. The van der Waals surface area contributed by atoms with Crippen molar-refractivity contribution in [3.05, 3.63) is 34.1 Å². The minimum atomic E-state index is -0.422. The Balaban J connectivity index is 1.72. The van der Waals surface area contributed by atoms with Crippen LogP contribution >= 0.6 is 15.9 Å². The van der Waals surface area contributed by atoms with Crippen molar-refractivity contribution in [3.63, 3.8) is 0 Å². The molecule has 1 N–H and O–H groups in total. The van der Waals surface area contributed by atoms with Gasteiger partial charge >= 0.3 is 0 Å². The molecule has 5 heteroatoms. The summed E-state index contributed by atoms with van der Waals surface area (Å²) in [4.78, 5) is 12.2. The molecular formula is C14H15BrFNO2. The maximum absolute atomic E-state index is 13.4. The van der Waals surface area contributed by atoms with Gasteiger partial charge in [0.1, 0.15) is 5.82 Å². The number of hydrogen-bond donors (Lipinski definition) is 1. The van der Waals surface area contributed by atoms with Crippen LogP contribution in [0.5, 0.6) is 0 Å². The van der Waals surface area contributed by atoms with E-state index < -0.39 is 5.82 Å². The minimum Gasteiger partial charge on any atom is -0.376 e. The van der Waals surface area contributed by atoms with Crippen molar-refractivity contribution >= 4 is 21.8 Å². The molecule has 3 nitrogen and oxygen atoms in total. The maximum Gasteiger partial charge on any atom is 0.252 e. The first-order valence-corrected chi connectivity index (χ1v) is 7.32. The summed E-state index contributed by atoms with van der Waals surface area (Å²) in [5.74, 6) is -0.0784. The Hall–Kier alpha value is -0.940. The van der Waals surface area contributed by atoms with Crippen LogP contribution < -0.4 is 5.32 Å². The van der Waals surface area contributed by atoms with Gasteiger partial charge in [0.25, 0.3) is 5.91 Å². The fourth-order valence-corrected chi connectivity index (χ4v) is 3.02. The second-order valence-corrected chi connectivity index (χ2v) is 5.94. The molecule has 1 saturated heterocycles. The Kier molecular flexibility index (Phi) is 3.58. The molecule has 19 heavy (non-hydrogen) atoms. The van der Waals surface area contributed by atoms with E-state index in [2.05, 4.69) is 21.2 Å². The van der Waals surface area contributed by atoms with Gasteiger partial charge in [0.05, 0.1) is 22.2 Å². The van der Waals surface area contributed by atoms with Crippen molar-refractivity contribution in [2.45, 2.75) is 31.4 Å². The Morgan fingerprint density at radius 3 is 2.89 bits per heavy atom. The second-order valence-electron chi connectivity index (χ2n) is 5.14. The van der Waals surface area contributed by atoms with Crippen LogP contribution in [-0.4, -0.2) is 24.7 Å². The first-order valence-electron chi connectivity index (χ1n) is 6.53. The quantitative estimate of drug-likeness (QED) is 0.927. The molecule has 1 aliphatic carbocycles. The van der Waals surface area contributed by atoms with Crippen molar-refractivity contribution in [1.29, 1.82) is 0 Å². The lowest BCUT2D eigenvalue weighted by Gasteiger charge is -2.19. The van der Waals surface area contributed by atoms with E-state index in [-0.39, 0.29) is 22.5 Å². The molecule has 1 amide bonds. The lowest BCUT2D eigenvalue weighted by atomic mass is 10.1. The predicted molar refractivity (Wildman–Crippen MR) is 72.4 cm³/mol. The van der Waals surface area contributed by atoms with Crippen LogP contribution in [0.2, 0.25) is 0 Å². The molecule has 0 aromatic heterocycles. The number of halogens is 2. The minimum absolute atomic E-state index is 0.0511. The molecule has 1 heterocycles. The van der Waals surface area contributed by atoms with Crippen molar-refractivity contribution in [3.8, 4) is 0 Å². The van der Waals surface area contributed by atoms with Crippen LogP contribution in [0, 0.1) is 11.7 Å². The molecule has 3 rings (SSSR count). The molecule has 2 atom stereocenters. The molecule has 1 aromatic carbocycles. The van der Waals surface area contributed by atoms with Crippen LogP contribution in [-0.2, 0) is 4.74 Å². The topological polar surface area (TPSA) is 38.3 Å². The van der Waals surface area contributed by atoms with E-state index in [4.69, 9.17) is 4.74 Å². The van der Waals surface area contributed by atoms with E-state index in [0.29, 0.717) is 18.1 Å².